The minimum Gasteiger partial charge on any atom is -0.496 e. The number of sulfonamides is 1. The van der Waals surface area contributed by atoms with Gasteiger partial charge in [-0.1, -0.05) is 0 Å². The topological polar surface area (TPSA) is 72.6 Å². The molecule has 100 valence electrons. The van der Waals surface area contributed by atoms with Crippen LogP contribution >= 0.6 is 15.9 Å². The van der Waals surface area contributed by atoms with E-state index in [1.165, 1.54) is 17.5 Å². The first-order valence-corrected chi connectivity index (χ1v) is 7.77. The fraction of sp³-hybridized carbons (Fsp3) is 0.455. The lowest BCUT2D eigenvalue weighted by Crippen LogP contribution is -2.31. The number of hydrogen-bond acceptors (Lipinski definition) is 4. The van der Waals surface area contributed by atoms with Gasteiger partial charge in [-0.3, -0.25) is 0 Å². The monoisotopic (exact) mass is 334 g/mol. The van der Waals surface area contributed by atoms with Crippen molar-refractivity contribution in [1.29, 1.82) is 0 Å². The second kappa shape index (κ2) is 5.16. The van der Waals surface area contributed by atoms with E-state index in [4.69, 9.17) is 10.5 Å². The maximum atomic E-state index is 12.4. The van der Waals surface area contributed by atoms with Crippen LogP contribution in [0, 0.1) is 0 Å². The molecule has 1 heterocycles. The van der Waals surface area contributed by atoms with Gasteiger partial charge >= 0.3 is 0 Å². The van der Waals surface area contributed by atoms with E-state index in [0.717, 1.165) is 4.47 Å². The van der Waals surface area contributed by atoms with Gasteiger partial charge in [0.25, 0.3) is 0 Å². The van der Waals surface area contributed by atoms with E-state index < -0.39 is 10.0 Å². The third kappa shape index (κ3) is 2.54. The van der Waals surface area contributed by atoms with E-state index in [2.05, 4.69) is 15.9 Å². The Balaban J connectivity index is 2.35. The van der Waals surface area contributed by atoms with Crippen molar-refractivity contribution in [2.75, 3.05) is 20.2 Å². The van der Waals surface area contributed by atoms with Crippen LogP contribution in [0.15, 0.2) is 27.6 Å². The lowest BCUT2D eigenvalue weighted by atomic mass is 10.3. The lowest BCUT2D eigenvalue weighted by Gasteiger charge is -2.16. The smallest absolute Gasteiger partial charge is 0.243 e. The SMILES string of the molecule is COc1cc(S(=O)(=O)N2CC[C@@H](N)C2)ccc1Br. The Bertz CT molecular complexity index is 547. The second-order valence-electron chi connectivity index (χ2n) is 4.21. The van der Waals surface area contributed by atoms with E-state index >= 15 is 0 Å². The molecule has 0 radical (unpaired) electrons. The molecule has 18 heavy (non-hydrogen) atoms. The molecule has 0 aromatic heterocycles. The molecular weight excluding hydrogens is 320 g/mol. The fourth-order valence-electron chi connectivity index (χ4n) is 1.92. The zero-order valence-electron chi connectivity index (χ0n) is 9.97. The third-order valence-corrected chi connectivity index (χ3v) is 5.46. The number of rotatable bonds is 3. The summed E-state index contributed by atoms with van der Waals surface area (Å²) < 4.78 is 32.0. The Hall–Kier alpha value is -0.630. The van der Waals surface area contributed by atoms with Crippen molar-refractivity contribution in [2.24, 2.45) is 5.73 Å². The van der Waals surface area contributed by atoms with Crippen LogP contribution in [0.4, 0.5) is 0 Å². The van der Waals surface area contributed by atoms with Gasteiger partial charge in [0, 0.05) is 25.2 Å². The van der Waals surface area contributed by atoms with E-state index in [-0.39, 0.29) is 10.9 Å². The number of halogens is 1. The van der Waals surface area contributed by atoms with Crippen LogP contribution in [0.3, 0.4) is 0 Å². The molecule has 0 spiro atoms. The van der Waals surface area contributed by atoms with Crippen molar-refractivity contribution < 1.29 is 13.2 Å². The molecule has 1 aliphatic rings. The number of nitrogens with two attached hydrogens (primary N) is 1. The van der Waals surface area contributed by atoms with Crippen molar-refractivity contribution in [3.8, 4) is 5.75 Å². The molecule has 0 amide bonds. The highest BCUT2D eigenvalue weighted by Crippen LogP contribution is 2.29. The summed E-state index contributed by atoms with van der Waals surface area (Å²) in [4.78, 5) is 0.233. The van der Waals surface area contributed by atoms with Crippen LogP contribution in [-0.4, -0.2) is 39.0 Å². The number of nitrogens with zero attached hydrogens (tertiary/aromatic N) is 1. The molecule has 0 unspecified atom stereocenters. The van der Waals surface area contributed by atoms with E-state index in [1.807, 2.05) is 0 Å². The zero-order valence-corrected chi connectivity index (χ0v) is 12.4. The summed E-state index contributed by atoms with van der Waals surface area (Å²) in [7, 11) is -1.97. The van der Waals surface area contributed by atoms with Gasteiger partial charge in [-0.15, -0.1) is 0 Å². The largest absolute Gasteiger partial charge is 0.496 e. The Labute approximate surface area is 115 Å². The Morgan fingerprint density at radius 2 is 2.22 bits per heavy atom. The lowest BCUT2D eigenvalue weighted by molar-refractivity contribution is 0.410. The molecule has 2 N–H and O–H groups in total. The number of ether oxygens (including phenoxy) is 1. The van der Waals surface area contributed by atoms with Crippen molar-refractivity contribution in [1.82, 2.24) is 4.31 Å². The molecule has 2 rings (SSSR count). The summed E-state index contributed by atoms with van der Waals surface area (Å²) >= 11 is 3.30. The zero-order chi connectivity index (χ0) is 13.3. The van der Waals surface area contributed by atoms with Gasteiger partial charge in [-0.25, -0.2) is 8.42 Å². The van der Waals surface area contributed by atoms with Crippen LogP contribution in [0.5, 0.6) is 5.75 Å². The van der Waals surface area contributed by atoms with Crippen molar-refractivity contribution in [3.63, 3.8) is 0 Å². The number of benzene rings is 1. The normalized spacial score (nSPS) is 21.2. The maximum Gasteiger partial charge on any atom is 0.243 e. The number of hydrogen-bond donors (Lipinski definition) is 1. The van der Waals surface area contributed by atoms with Crippen LogP contribution in [0.1, 0.15) is 6.42 Å². The minimum absolute atomic E-state index is 0.0721. The van der Waals surface area contributed by atoms with Gasteiger partial charge < -0.3 is 10.5 Å². The molecule has 7 heteroatoms. The average molecular weight is 335 g/mol. The molecule has 0 aliphatic carbocycles. The molecule has 1 aliphatic heterocycles. The van der Waals surface area contributed by atoms with Crippen LogP contribution in [0.2, 0.25) is 0 Å². The highest BCUT2D eigenvalue weighted by molar-refractivity contribution is 9.10. The summed E-state index contributed by atoms with van der Waals surface area (Å²) in [6, 6.07) is 4.67. The molecule has 1 fully saturated rings. The first-order chi connectivity index (χ1) is 8.45. The van der Waals surface area contributed by atoms with Crippen molar-refractivity contribution >= 4 is 26.0 Å². The van der Waals surface area contributed by atoms with E-state index in [9.17, 15) is 8.42 Å². The molecule has 1 atom stereocenters. The molecule has 0 bridgehead atoms. The predicted octanol–water partition coefficient (Wildman–Crippen LogP) is 1.18. The summed E-state index contributed by atoms with van der Waals surface area (Å²) in [6.07, 6.45) is 0.701. The van der Waals surface area contributed by atoms with E-state index in [1.54, 1.807) is 12.1 Å². The minimum atomic E-state index is -3.47. The van der Waals surface area contributed by atoms with Crippen LogP contribution < -0.4 is 10.5 Å². The van der Waals surface area contributed by atoms with Gasteiger partial charge in [-0.2, -0.15) is 4.31 Å². The summed E-state index contributed by atoms with van der Waals surface area (Å²) in [5.74, 6) is 0.500. The first kappa shape index (κ1) is 13.8. The van der Waals surface area contributed by atoms with Crippen LogP contribution in [0.25, 0.3) is 0 Å². The summed E-state index contributed by atoms with van der Waals surface area (Å²) in [5, 5.41) is 0. The molecule has 1 saturated heterocycles. The molecular formula is C11H15BrN2O3S. The molecule has 1 aromatic carbocycles. The van der Waals surface area contributed by atoms with Gasteiger partial charge in [0.1, 0.15) is 5.75 Å². The van der Waals surface area contributed by atoms with Crippen molar-refractivity contribution in [2.45, 2.75) is 17.4 Å². The third-order valence-electron chi connectivity index (χ3n) is 2.95. The quantitative estimate of drug-likeness (QED) is 0.900. The predicted molar refractivity (Wildman–Crippen MR) is 72.0 cm³/mol. The summed E-state index contributed by atoms with van der Waals surface area (Å²) in [5.41, 5.74) is 5.74. The highest BCUT2D eigenvalue weighted by Gasteiger charge is 2.31. The standard InChI is InChI=1S/C11H15BrN2O3S/c1-17-11-6-9(2-3-10(11)12)18(15,16)14-5-4-8(13)7-14/h2-3,6,8H,4-5,7,13H2,1H3/t8-/m1/s1. The van der Waals surface area contributed by atoms with Gasteiger partial charge in [-0.05, 0) is 34.5 Å². The average Bonchev–Trinajstić information content (AvgIpc) is 2.77. The van der Waals surface area contributed by atoms with Gasteiger partial charge in [0.2, 0.25) is 10.0 Å². The molecule has 5 nitrogen and oxygen atoms in total. The maximum absolute atomic E-state index is 12.4. The fourth-order valence-corrected chi connectivity index (χ4v) is 3.86. The van der Waals surface area contributed by atoms with Crippen LogP contribution in [-0.2, 0) is 10.0 Å². The summed E-state index contributed by atoms with van der Waals surface area (Å²) in [6.45, 7) is 0.850. The van der Waals surface area contributed by atoms with Crippen molar-refractivity contribution in [3.05, 3.63) is 22.7 Å². The molecule has 1 aromatic rings. The molecule has 0 saturated carbocycles. The van der Waals surface area contributed by atoms with Gasteiger partial charge in [0.05, 0.1) is 16.5 Å². The Kier molecular flexibility index (Phi) is 3.96. The second-order valence-corrected chi connectivity index (χ2v) is 7.00. The van der Waals surface area contributed by atoms with E-state index in [0.29, 0.717) is 25.3 Å². The highest BCUT2D eigenvalue weighted by atomic mass is 79.9. The van der Waals surface area contributed by atoms with Gasteiger partial charge in [0.15, 0.2) is 0 Å². The first-order valence-electron chi connectivity index (χ1n) is 5.54. The Morgan fingerprint density at radius 3 is 2.78 bits per heavy atom. The Morgan fingerprint density at radius 1 is 1.50 bits per heavy atom. The number of methoxy groups -OCH3 is 1.